The summed E-state index contributed by atoms with van der Waals surface area (Å²) < 4.78 is 0. The van der Waals surface area contributed by atoms with E-state index in [1.54, 1.807) is 18.7 Å². The molecule has 21 heavy (non-hydrogen) atoms. The Bertz CT molecular complexity index is 361. The van der Waals surface area contributed by atoms with Crippen LogP contribution in [0.25, 0.3) is 0 Å². The molecule has 0 aliphatic carbocycles. The van der Waals surface area contributed by atoms with Crippen LogP contribution in [0.1, 0.15) is 20.3 Å². The van der Waals surface area contributed by atoms with Crippen LogP contribution >= 0.6 is 0 Å². The molecule has 4 N–H and O–H groups in total. The van der Waals surface area contributed by atoms with Crippen molar-refractivity contribution < 1.29 is 24.9 Å². The maximum absolute atomic E-state index is 12.0. The molecule has 0 saturated carbocycles. The lowest BCUT2D eigenvalue weighted by Crippen LogP contribution is -2.56. The molecule has 0 aromatic rings. The molecule has 1 aliphatic rings. The van der Waals surface area contributed by atoms with Gasteiger partial charge in [-0.25, -0.2) is 9.59 Å². The molecule has 8 heteroatoms. The van der Waals surface area contributed by atoms with Crippen molar-refractivity contribution in [3.05, 3.63) is 0 Å². The van der Waals surface area contributed by atoms with Crippen LogP contribution in [-0.2, 0) is 4.79 Å². The number of nitrogens with zero attached hydrogens (tertiary/aromatic N) is 2. The maximum Gasteiger partial charge on any atom is 0.326 e. The smallest absolute Gasteiger partial charge is 0.326 e. The van der Waals surface area contributed by atoms with Crippen LogP contribution in [0, 0.1) is 0 Å². The standard InChI is InChI=1S/C13H25N3O5/c1-13(2,21)9-15-4-6-16(7-5-15)12(20)14-10(3-8-17)11(18)19/h10,17,21H,3-9H2,1-2H3,(H,14,20)(H,18,19)/t10-/m0/s1. The molecule has 2 amide bonds. The van der Waals surface area contributed by atoms with Gasteiger partial charge in [0.05, 0.1) is 5.60 Å². The van der Waals surface area contributed by atoms with Crippen LogP contribution in [0.4, 0.5) is 4.79 Å². The van der Waals surface area contributed by atoms with Crippen LogP contribution in [0.3, 0.4) is 0 Å². The summed E-state index contributed by atoms with van der Waals surface area (Å²) in [5, 5.41) is 29.9. The average Bonchev–Trinajstić information content (AvgIpc) is 2.36. The first-order chi connectivity index (χ1) is 9.73. The maximum atomic E-state index is 12.0. The number of urea groups is 1. The first kappa shape index (κ1) is 17.7. The number of β-amino-alcohol motifs (C(OH)–C–C–N with tert-alkyl or cyclic N) is 1. The number of rotatable bonds is 6. The first-order valence-electron chi connectivity index (χ1n) is 7.07. The molecule has 1 fully saturated rings. The van der Waals surface area contributed by atoms with E-state index in [9.17, 15) is 14.7 Å². The molecule has 0 aromatic carbocycles. The summed E-state index contributed by atoms with van der Waals surface area (Å²) in [5.74, 6) is -1.15. The molecule has 0 unspecified atom stereocenters. The number of aliphatic carboxylic acids is 1. The van der Waals surface area contributed by atoms with Gasteiger partial charge in [0.1, 0.15) is 6.04 Å². The van der Waals surface area contributed by atoms with Gasteiger partial charge in [-0.05, 0) is 13.8 Å². The van der Waals surface area contributed by atoms with Crippen molar-refractivity contribution in [3.63, 3.8) is 0 Å². The van der Waals surface area contributed by atoms with E-state index in [2.05, 4.69) is 10.2 Å². The third-order valence-corrected chi connectivity index (χ3v) is 3.28. The number of amides is 2. The summed E-state index contributed by atoms with van der Waals surface area (Å²) in [6.07, 6.45) is -0.0141. The fourth-order valence-electron chi connectivity index (χ4n) is 2.28. The minimum Gasteiger partial charge on any atom is -0.480 e. The SMILES string of the molecule is CC(C)(O)CN1CCN(C(=O)N[C@@H](CCO)C(=O)O)CC1. The van der Waals surface area contributed by atoms with Crippen molar-refractivity contribution in [2.75, 3.05) is 39.3 Å². The van der Waals surface area contributed by atoms with E-state index < -0.39 is 23.6 Å². The predicted molar refractivity (Wildman–Crippen MR) is 76.0 cm³/mol. The highest BCUT2D eigenvalue weighted by molar-refractivity contribution is 5.82. The van der Waals surface area contributed by atoms with Gasteiger partial charge in [0.2, 0.25) is 0 Å². The fraction of sp³-hybridized carbons (Fsp3) is 0.846. The lowest BCUT2D eigenvalue weighted by Gasteiger charge is -2.37. The van der Waals surface area contributed by atoms with E-state index in [0.717, 1.165) is 0 Å². The van der Waals surface area contributed by atoms with Gasteiger partial charge in [0.15, 0.2) is 0 Å². The Hall–Kier alpha value is -1.38. The zero-order valence-electron chi connectivity index (χ0n) is 12.6. The van der Waals surface area contributed by atoms with Gasteiger partial charge < -0.3 is 25.5 Å². The van der Waals surface area contributed by atoms with E-state index in [4.69, 9.17) is 10.2 Å². The number of carbonyl (C=O) groups is 2. The minimum atomic E-state index is -1.15. The lowest BCUT2D eigenvalue weighted by atomic mass is 10.1. The minimum absolute atomic E-state index is 0.0141. The Morgan fingerprint density at radius 1 is 1.24 bits per heavy atom. The highest BCUT2D eigenvalue weighted by Crippen LogP contribution is 2.09. The molecule has 1 aliphatic heterocycles. The number of piperazine rings is 1. The Morgan fingerprint density at radius 3 is 2.24 bits per heavy atom. The first-order valence-corrected chi connectivity index (χ1v) is 7.07. The molecule has 0 bridgehead atoms. The fourth-order valence-corrected chi connectivity index (χ4v) is 2.28. The van der Waals surface area contributed by atoms with E-state index in [1.807, 2.05) is 0 Å². The van der Waals surface area contributed by atoms with Crippen LogP contribution in [0.15, 0.2) is 0 Å². The van der Waals surface area contributed by atoms with Gasteiger partial charge in [-0.15, -0.1) is 0 Å². The lowest BCUT2D eigenvalue weighted by molar-refractivity contribution is -0.139. The molecule has 0 spiro atoms. The monoisotopic (exact) mass is 303 g/mol. The number of carbonyl (C=O) groups excluding carboxylic acids is 1. The van der Waals surface area contributed by atoms with Crippen LogP contribution in [0.2, 0.25) is 0 Å². The number of nitrogens with one attached hydrogen (secondary N) is 1. The molecule has 0 radical (unpaired) electrons. The molecule has 122 valence electrons. The van der Waals surface area contributed by atoms with Gasteiger partial charge in [0.25, 0.3) is 0 Å². The highest BCUT2D eigenvalue weighted by atomic mass is 16.4. The molecule has 0 aromatic heterocycles. The van der Waals surface area contributed by atoms with Crippen LogP contribution in [0.5, 0.6) is 0 Å². The Balaban J connectivity index is 2.42. The van der Waals surface area contributed by atoms with Crippen molar-refractivity contribution in [3.8, 4) is 0 Å². The number of hydrogen-bond acceptors (Lipinski definition) is 5. The van der Waals surface area contributed by atoms with E-state index in [1.165, 1.54) is 0 Å². The van der Waals surface area contributed by atoms with E-state index in [-0.39, 0.29) is 13.0 Å². The Kier molecular flexibility index (Phi) is 6.38. The van der Waals surface area contributed by atoms with Gasteiger partial charge >= 0.3 is 12.0 Å². The van der Waals surface area contributed by atoms with E-state index in [0.29, 0.717) is 32.7 Å². The van der Waals surface area contributed by atoms with Crippen molar-refractivity contribution in [1.82, 2.24) is 15.1 Å². The predicted octanol–water partition coefficient (Wildman–Crippen LogP) is -1.08. The Morgan fingerprint density at radius 2 is 1.81 bits per heavy atom. The van der Waals surface area contributed by atoms with Crippen LogP contribution < -0.4 is 5.32 Å². The zero-order valence-corrected chi connectivity index (χ0v) is 12.6. The molecule has 8 nitrogen and oxygen atoms in total. The van der Waals surface area contributed by atoms with E-state index >= 15 is 0 Å². The van der Waals surface area contributed by atoms with Crippen LogP contribution in [-0.4, -0.2) is 88.1 Å². The molecule has 1 atom stereocenters. The number of carboxylic acid groups (broad SMARTS) is 1. The second-order valence-electron chi connectivity index (χ2n) is 5.93. The zero-order chi connectivity index (χ0) is 16.0. The van der Waals surface area contributed by atoms with Gasteiger partial charge in [0, 0.05) is 45.8 Å². The molecule has 1 saturated heterocycles. The number of aliphatic hydroxyl groups is 2. The Labute approximate surface area is 124 Å². The second-order valence-corrected chi connectivity index (χ2v) is 5.93. The van der Waals surface area contributed by atoms with Crippen molar-refractivity contribution >= 4 is 12.0 Å². The van der Waals surface area contributed by atoms with Gasteiger partial charge in [-0.2, -0.15) is 0 Å². The molecule has 1 heterocycles. The normalized spacial score (nSPS) is 18.4. The summed E-state index contributed by atoms with van der Waals surface area (Å²) >= 11 is 0. The summed E-state index contributed by atoms with van der Waals surface area (Å²) in [6.45, 7) is 5.93. The number of hydrogen-bond donors (Lipinski definition) is 4. The highest BCUT2D eigenvalue weighted by Gasteiger charge is 2.27. The molecular formula is C13H25N3O5. The summed E-state index contributed by atoms with van der Waals surface area (Å²) in [4.78, 5) is 26.5. The topological polar surface area (TPSA) is 113 Å². The summed E-state index contributed by atoms with van der Waals surface area (Å²) in [7, 11) is 0. The third-order valence-electron chi connectivity index (χ3n) is 3.28. The largest absolute Gasteiger partial charge is 0.480 e. The van der Waals surface area contributed by atoms with Crippen molar-refractivity contribution in [1.29, 1.82) is 0 Å². The number of carboxylic acids is 1. The van der Waals surface area contributed by atoms with Crippen molar-refractivity contribution in [2.45, 2.75) is 31.9 Å². The molecular weight excluding hydrogens is 278 g/mol. The average molecular weight is 303 g/mol. The summed E-state index contributed by atoms with van der Waals surface area (Å²) in [6, 6.07) is -1.50. The third kappa shape index (κ3) is 6.28. The van der Waals surface area contributed by atoms with Crippen molar-refractivity contribution in [2.24, 2.45) is 0 Å². The second kappa shape index (κ2) is 7.58. The number of aliphatic hydroxyl groups excluding tert-OH is 1. The summed E-state index contributed by atoms with van der Waals surface area (Å²) in [5.41, 5.74) is -0.778. The van der Waals surface area contributed by atoms with Gasteiger partial charge in [-0.1, -0.05) is 0 Å². The van der Waals surface area contributed by atoms with Gasteiger partial charge in [-0.3, -0.25) is 4.90 Å². The quantitative estimate of drug-likeness (QED) is 0.496. The molecule has 1 rings (SSSR count).